The number of carboxylic acid groups (broad SMARTS) is 1. The van der Waals surface area contributed by atoms with E-state index in [9.17, 15) is 4.79 Å². The van der Waals surface area contributed by atoms with Crippen molar-refractivity contribution in [2.75, 3.05) is 12.5 Å². The van der Waals surface area contributed by atoms with Crippen LogP contribution in [0, 0.1) is 0 Å². The SMILES string of the molecule is COc1ccc(NN)c(C(=O)O)c1. The molecular weight excluding hydrogens is 172 g/mol. The van der Waals surface area contributed by atoms with Crippen LogP contribution in [0.5, 0.6) is 5.75 Å². The van der Waals surface area contributed by atoms with E-state index in [-0.39, 0.29) is 5.56 Å². The zero-order valence-electron chi connectivity index (χ0n) is 7.07. The number of hydrogen-bond donors (Lipinski definition) is 3. The van der Waals surface area contributed by atoms with Crippen molar-refractivity contribution >= 4 is 11.7 Å². The van der Waals surface area contributed by atoms with Gasteiger partial charge in [0.1, 0.15) is 5.75 Å². The maximum absolute atomic E-state index is 10.7. The van der Waals surface area contributed by atoms with Gasteiger partial charge in [0, 0.05) is 0 Å². The van der Waals surface area contributed by atoms with Crippen LogP contribution in [0.1, 0.15) is 10.4 Å². The van der Waals surface area contributed by atoms with Crippen LogP contribution in [0.3, 0.4) is 0 Å². The molecule has 0 aliphatic rings. The molecule has 0 aromatic heterocycles. The van der Waals surface area contributed by atoms with Crippen molar-refractivity contribution in [3.63, 3.8) is 0 Å². The van der Waals surface area contributed by atoms with Gasteiger partial charge >= 0.3 is 5.97 Å². The van der Waals surface area contributed by atoms with E-state index in [1.165, 1.54) is 13.2 Å². The number of nitrogen functional groups attached to an aromatic ring is 1. The minimum Gasteiger partial charge on any atom is -0.497 e. The molecule has 0 radical (unpaired) electrons. The largest absolute Gasteiger partial charge is 0.497 e. The second-order valence-electron chi connectivity index (χ2n) is 2.36. The highest BCUT2D eigenvalue weighted by atomic mass is 16.5. The lowest BCUT2D eigenvalue weighted by atomic mass is 10.2. The van der Waals surface area contributed by atoms with E-state index in [0.29, 0.717) is 11.4 Å². The number of nitrogens with one attached hydrogen (secondary N) is 1. The van der Waals surface area contributed by atoms with Gasteiger partial charge in [-0.2, -0.15) is 0 Å². The van der Waals surface area contributed by atoms with Crippen molar-refractivity contribution in [2.45, 2.75) is 0 Å². The van der Waals surface area contributed by atoms with Crippen LogP contribution in [0.4, 0.5) is 5.69 Å². The molecule has 0 fully saturated rings. The number of anilines is 1. The molecule has 5 heteroatoms. The number of benzene rings is 1. The Morgan fingerprint density at radius 2 is 2.31 bits per heavy atom. The summed E-state index contributed by atoms with van der Waals surface area (Å²) in [6.45, 7) is 0. The Labute approximate surface area is 75.1 Å². The fraction of sp³-hybridized carbons (Fsp3) is 0.125. The van der Waals surface area contributed by atoms with Crippen LogP contribution in [0.2, 0.25) is 0 Å². The molecule has 5 nitrogen and oxygen atoms in total. The molecule has 70 valence electrons. The Kier molecular flexibility index (Phi) is 2.71. The van der Waals surface area contributed by atoms with Crippen molar-refractivity contribution in [1.29, 1.82) is 0 Å². The van der Waals surface area contributed by atoms with Crippen molar-refractivity contribution in [3.05, 3.63) is 23.8 Å². The van der Waals surface area contributed by atoms with Crippen LogP contribution in [-0.2, 0) is 0 Å². The first-order valence-electron chi connectivity index (χ1n) is 3.57. The van der Waals surface area contributed by atoms with Crippen LogP contribution in [0.25, 0.3) is 0 Å². The molecular formula is C8H10N2O3. The van der Waals surface area contributed by atoms with Crippen molar-refractivity contribution in [3.8, 4) is 5.75 Å². The van der Waals surface area contributed by atoms with Crippen molar-refractivity contribution < 1.29 is 14.6 Å². The van der Waals surface area contributed by atoms with Crippen LogP contribution in [0.15, 0.2) is 18.2 Å². The molecule has 0 atom stereocenters. The molecule has 0 aliphatic carbocycles. The van der Waals surface area contributed by atoms with Crippen LogP contribution >= 0.6 is 0 Å². The Balaban J connectivity index is 3.18. The number of carboxylic acids is 1. The smallest absolute Gasteiger partial charge is 0.337 e. The van der Waals surface area contributed by atoms with Gasteiger partial charge in [0.25, 0.3) is 0 Å². The number of rotatable bonds is 3. The summed E-state index contributed by atoms with van der Waals surface area (Å²) in [5, 5.41) is 8.77. The molecule has 13 heavy (non-hydrogen) atoms. The summed E-state index contributed by atoms with van der Waals surface area (Å²) in [5.41, 5.74) is 2.73. The maximum Gasteiger partial charge on any atom is 0.337 e. The van der Waals surface area contributed by atoms with E-state index >= 15 is 0 Å². The molecule has 0 unspecified atom stereocenters. The highest BCUT2D eigenvalue weighted by Crippen LogP contribution is 2.20. The second kappa shape index (κ2) is 3.77. The number of methoxy groups -OCH3 is 1. The molecule has 0 saturated carbocycles. The van der Waals surface area contributed by atoms with Gasteiger partial charge in [-0.25, -0.2) is 4.79 Å². The Morgan fingerprint density at radius 3 is 2.77 bits per heavy atom. The minimum atomic E-state index is -1.05. The van der Waals surface area contributed by atoms with Gasteiger partial charge in [-0.15, -0.1) is 0 Å². The zero-order chi connectivity index (χ0) is 9.84. The monoisotopic (exact) mass is 182 g/mol. The molecule has 0 saturated heterocycles. The van der Waals surface area contributed by atoms with E-state index in [2.05, 4.69) is 5.43 Å². The summed E-state index contributed by atoms with van der Waals surface area (Å²) >= 11 is 0. The highest BCUT2D eigenvalue weighted by molar-refractivity contribution is 5.94. The first-order valence-corrected chi connectivity index (χ1v) is 3.57. The predicted molar refractivity (Wildman–Crippen MR) is 47.8 cm³/mol. The van der Waals surface area contributed by atoms with Crippen LogP contribution < -0.4 is 16.0 Å². The standard InChI is InChI=1S/C8H10N2O3/c1-13-5-2-3-7(10-9)6(4-5)8(11)12/h2-4,10H,9H2,1H3,(H,11,12). The fourth-order valence-electron chi connectivity index (χ4n) is 0.953. The average Bonchev–Trinajstić information content (AvgIpc) is 2.16. The van der Waals surface area contributed by atoms with Gasteiger partial charge in [0.15, 0.2) is 0 Å². The number of hydrazine groups is 1. The predicted octanol–water partition coefficient (Wildman–Crippen LogP) is 0.679. The van der Waals surface area contributed by atoms with Crippen LogP contribution in [-0.4, -0.2) is 18.2 Å². The van der Waals surface area contributed by atoms with E-state index in [1.54, 1.807) is 12.1 Å². The summed E-state index contributed by atoms with van der Waals surface area (Å²) in [6, 6.07) is 4.57. The van der Waals surface area contributed by atoms with Gasteiger partial charge < -0.3 is 15.3 Å². The van der Waals surface area contributed by atoms with Gasteiger partial charge in [-0.1, -0.05) is 0 Å². The normalized spacial score (nSPS) is 9.38. The lowest BCUT2D eigenvalue weighted by molar-refractivity contribution is 0.0697. The molecule has 1 rings (SSSR count). The van der Waals surface area contributed by atoms with E-state index in [4.69, 9.17) is 15.7 Å². The molecule has 0 amide bonds. The number of hydrogen-bond acceptors (Lipinski definition) is 4. The molecule has 0 bridgehead atoms. The Morgan fingerprint density at radius 1 is 1.62 bits per heavy atom. The third-order valence-electron chi connectivity index (χ3n) is 1.61. The Bertz CT molecular complexity index is 325. The molecule has 0 spiro atoms. The third kappa shape index (κ3) is 1.88. The highest BCUT2D eigenvalue weighted by Gasteiger charge is 2.09. The lowest BCUT2D eigenvalue weighted by Gasteiger charge is -2.06. The third-order valence-corrected chi connectivity index (χ3v) is 1.61. The van der Waals surface area contributed by atoms with E-state index in [0.717, 1.165) is 0 Å². The maximum atomic E-state index is 10.7. The summed E-state index contributed by atoms with van der Waals surface area (Å²) in [7, 11) is 1.47. The van der Waals surface area contributed by atoms with E-state index in [1.807, 2.05) is 0 Å². The molecule has 0 aliphatic heterocycles. The van der Waals surface area contributed by atoms with Crippen molar-refractivity contribution in [1.82, 2.24) is 0 Å². The van der Waals surface area contributed by atoms with Crippen molar-refractivity contribution in [2.24, 2.45) is 5.84 Å². The topological polar surface area (TPSA) is 84.6 Å². The molecule has 4 N–H and O–H groups in total. The fourth-order valence-corrected chi connectivity index (χ4v) is 0.953. The summed E-state index contributed by atoms with van der Waals surface area (Å²) in [6.07, 6.45) is 0. The number of nitrogens with two attached hydrogens (primary N) is 1. The average molecular weight is 182 g/mol. The number of carbonyl (C=O) groups is 1. The molecule has 1 aromatic carbocycles. The first-order chi connectivity index (χ1) is 6.19. The van der Waals surface area contributed by atoms with Gasteiger partial charge in [0.05, 0.1) is 18.4 Å². The number of ether oxygens (including phenoxy) is 1. The number of aromatic carboxylic acids is 1. The van der Waals surface area contributed by atoms with Gasteiger partial charge in [-0.3, -0.25) is 5.84 Å². The lowest BCUT2D eigenvalue weighted by Crippen LogP contribution is -2.11. The Hall–Kier alpha value is -1.75. The van der Waals surface area contributed by atoms with Gasteiger partial charge in [0.2, 0.25) is 0 Å². The summed E-state index contributed by atoms with van der Waals surface area (Å²) in [4.78, 5) is 10.7. The first kappa shape index (κ1) is 9.34. The molecule has 0 heterocycles. The molecule has 1 aromatic rings. The summed E-state index contributed by atoms with van der Waals surface area (Å²) < 4.78 is 4.87. The quantitative estimate of drug-likeness (QED) is 0.472. The second-order valence-corrected chi connectivity index (χ2v) is 2.36. The van der Waals surface area contributed by atoms with Gasteiger partial charge in [-0.05, 0) is 18.2 Å². The minimum absolute atomic E-state index is 0.0850. The van der Waals surface area contributed by atoms with E-state index < -0.39 is 5.97 Å². The zero-order valence-corrected chi connectivity index (χ0v) is 7.07. The summed E-state index contributed by atoms with van der Waals surface area (Å²) in [5.74, 6) is 4.56.